The van der Waals surface area contributed by atoms with Crippen molar-refractivity contribution in [3.63, 3.8) is 0 Å². The van der Waals surface area contributed by atoms with Crippen LogP contribution in [0.3, 0.4) is 0 Å². The van der Waals surface area contributed by atoms with E-state index >= 15 is 0 Å². The van der Waals surface area contributed by atoms with Crippen molar-refractivity contribution in [1.82, 2.24) is 14.2 Å². The quantitative estimate of drug-likeness (QED) is 0.436. The van der Waals surface area contributed by atoms with Crippen LogP contribution in [0.4, 0.5) is 0 Å². The van der Waals surface area contributed by atoms with Crippen molar-refractivity contribution in [3.05, 3.63) is 53.7 Å². The van der Waals surface area contributed by atoms with Gasteiger partial charge in [0.25, 0.3) is 11.7 Å². The summed E-state index contributed by atoms with van der Waals surface area (Å²) in [4.78, 5) is 30.5. The van der Waals surface area contributed by atoms with Crippen molar-refractivity contribution in [2.75, 3.05) is 40.4 Å². The molecule has 4 rings (SSSR count). The Balaban J connectivity index is 1.51. The summed E-state index contributed by atoms with van der Waals surface area (Å²) in [7, 11) is -1.03. The highest BCUT2D eigenvalue weighted by Crippen LogP contribution is 2.31. The third-order valence-corrected chi connectivity index (χ3v) is 7.75. The summed E-state index contributed by atoms with van der Waals surface area (Å²) in [6.45, 7) is 2.10. The van der Waals surface area contributed by atoms with Gasteiger partial charge in [-0.05, 0) is 25.1 Å². The third-order valence-electron chi connectivity index (χ3n) is 5.83. The van der Waals surface area contributed by atoms with Crippen molar-refractivity contribution >= 4 is 32.6 Å². The number of methoxy groups -OCH3 is 2. The number of piperazine rings is 1. The van der Waals surface area contributed by atoms with Crippen molar-refractivity contribution in [2.45, 2.75) is 11.8 Å². The van der Waals surface area contributed by atoms with Crippen LogP contribution in [0.15, 0.2) is 47.4 Å². The molecule has 0 atom stereocenters. The van der Waals surface area contributed by atoms with Gasteiger partial charge in [0.05, 0.1) is 19.8 Å². The standard InChI is InChI=1S/C23H25N3O6S/c1-15-21(17-6-4-5-7-18(17)24-15)22(27)23(28)25-10-12-26(13-11-25)33(29,30)20-14-16(31-2)8-9-19(20)32-3/h4-9,14,24H,10-13H2,1-3H3. The van der Waals surface area contributed by atoms with Crippen LogP contribution in [0.5, 0.6) is 11.5 Å². The summed E-state index contributed by atoms with van der Waals surface area (Å²) in [6.07, 6.45) is 0. The van der Waals surface area contributed by atoms with Crippen LogP contribution in [-0.4, -0.2) is 74.7 Å². The Kier molecular flexibility index (Phi) is 6.13. The minimum absolute atomic E-state index is 0.00498. The highest BCUT2D eigenvalue weighted by atomic mass is 32.2. The van der Waals surface area contributed by atoms with Gasteiger partial charge >= 0.3 is 0 Å². The Labute approximate surface area is 191 Å². The predicted molar refractivity (Wildman–Crippen MR) is 122 cm³/mol. The molecular weight excluding hydrogens is 446 g/mol. The first-order valence-electron chi connectivity index (χ1n) is 10.4. The van der Waals surface area contributed by atoms with Crippen molar-refractivity contribution in [2.24, 2.45) is 0 Å². The van der Waals surface area contributed by atoms with Gasteiger partial charge in [-0.25, -0.2) is 8.42 Å². The number of aromatic amines is 1. The Morgan fingerprint density at radius 1 is 0.970 bits per heavy atom. The van der Waals surface area contributed by atoms with E-state index in [9.17, 15) is 18.0 Å². The molecule has 0 aliphatic carbocycles. The van der Waals surface area contributed by atoms with Crippen LogP contribution in [0.25, 0.3) is 10.9 Å². The molecule has 1 amide bonds. The Morgan fingerprint density at radius 3 is 2.33 bits per heavy atom. The van der Waals surface area contributed by atoms with Crippen LogP contribution in [0.2, 0.25) is 0 Å². The zero-order chi connectivity index (χ0) is 23.8. The lowest BCUT2D eigenvalue weighted by atomic mass is 10.1. The van der Waals surface area contributed by atoms with Gasteiger partial charge < -0.3 is 19.4 Å². The summed E-state index contributed by atoms with van der Waals surface area (Å²) in [5, 5.41) is 0.694. The summed E-state index contributed by atoms with van der Waals surface area (Å²) in [5.74, 6) is -0.642. The zero-order valence-electron chi connectivity index (χ0n) is 18.6. The second-order valence-corrected chi connectivity index (χ2v) is 9.62. The van der Waals surface area contributed by atoms with E-state index in [2.05, 4.69) is 4.98 Å². The number of hydrogen-bond acceptors (Lipinski definition) is 6. The molecule has 0 radical (unpaired) electrons. The van der Waals surface area contributed by atoms with Crippen molar-refractivity contribution in [3.8, 4) is 11.5 Å². The number of carbonyl (C=O) groups is 2. The summed E-state index contributed by atoms with van der Waals surface area (Å²) in [5.41, 5.74) is 1.77. The monoisotopic (exact) mass is 471 g/mol. The number of aryl methyl sites for hydroxylation is 1. The van der Waals surface area contributed by atoms with Gasteiger partial charge in [0.1, 0.15) is 16.4 Å². The molecule has 3 aromatic rings. The first-order valence-corrected chi connectivity index (χ1v) is 11.8. The number of carbonyl (C=O) groups excluding carboxylic acids is 2. The first-order chi connectivity index (χ1) is 15.8. The topological polar surface area (TPSA) is 109 Å². The third kappa shape index (κ3) is 4.07. The molecule has 0 bridgehead atoms. The van der Waals surface area contributed by atoms with Gasteiger partial charge in [-0.2, -0.15) is 4.31 Å². The number of hydrogen-bond donors (Lipinski definition) is 1. The SMILES string of the molecule is COc1ccc(OC)c(S(=O)(=O)N2CCN(C(=O)C(=O)c3c(C)[nH]c4ccccc34)CC2)c1. The number of nitrogens with zero attached hydrogens (tertiary/aromatic N) is 2. The average molecular weight is 472 g/mol. The van der Waals surface area contributed by atoms with Crippen LogP contribution in [-0.2, 0) is 14.8 Å². The van der Waals surface area contributed by atoms with Crippen LogP contribution in [0.1, 0.15) is 16.1 Å². The van der Waals surface area contributed by atoms with E-state index in [1.54, 1.807) is 19.1 Å². The van der Waals surface area contributed by atoms with E-state index in [-0.39, 0.29) is 36.8 Å². The maximum Gasteiger partial charge on any atom is 0.295 e. The lowest BCUT2D eigenvalue weighted by molar-refractivity contribution is -0.127. The molecule has 33 heavy (non-hydrogen) atoms. The smallest absolute Gasteiger partial charge is 0.295 e. The first kappa shape index (κ1) is 22.8. The zero-order valence-corrected chi connectivity index (χ0v) is 19.4. The molecular formula is C23H25N3O6S. The van der Waals surface area contributed by atoms with Gasteiger partial charge in [0, 0.05) is 48.8 Å². The van der Waals surface area contributed by atoms with E-state index in [4.69, 9.17) is 9.47 Å². The number of rotatable bonds is 6. The van der Waals surface area contributed by atoms with Crippen LogP contribution >= 0.6 is 0 Å². The highest BCUT2D eigenvalue weighted by Gasteiger charge is 2.35. The van der Waals surface area contributed by atoms with E-state index in [1.165, 1.54) is 35.6 Å². The maximum atomic E-state index is 13.2. The minimum atomic E-state index is -3.89. The largest absolute Gasteiger partial charge is 0.497 e. The highest BCUT2D eigenvalue weighted by molar-refractivity contribution is 7.89. The molecule has 2 aromatic carbocycles. The fraction of sp³-hybridized carbons (Fsp3) is 0.304. The van der Waals surface area contributed by atoms with Crippen molar-refractivity contribution < 1.29 is 27.5 Å². The number of Topliss-reactive ketones (excluding diaryl/α,β-unsaturated/α-hetero) is 1. The lowest BCUT2D eigenvalue weighted by Gasteiger charge is -2.33. The predicted octanol–water partition coefficient (Wildman–Crippen LogP) is 2.21. The molecule has 2 heterocycles. The van der Waals surface area contributed by atoms with Crippen LogP contribution < -0.4 is 9.47 Å². The van der Waals surface area contributed by atoms with Gasteiger partial charge in [0.15, 0.2) is 0 Å². The molecule has 1 N–H and O–H groups in total. The number of para-hydroxylation sites is 1. The van der Waals surface area contributed by atoms with Crippen molar-refractivity contribution in [1.29, 1.82) is 0 Å². The molecule has 1 aromatic heterocycles. The number of ether oxygens (including phenoxy) is 2. The number of aromatic nitrogens is 1. The number of nitrogens with one attached hydrogen (secondary N) is 1. The summed E-state index contributed by atoms with van der Waals surface area (Å²) < 4.78 is 38.1. The molecule has 174 valence electrons. The molecule has 0 spiro atoms. The fourth-order valence-electron chi connectivity index (χ4n) is 4.08. The number of ketones is 1. The molecule has 1 aliphatic rings. The maximum absolute atomic E-state index is 13.2. The molecule has 0 unspecified atom stereocenters. The van der Waals surface area contributed by atoms with Gasteiger partial charge in [-0.3, -0.25) is 9.59 Å². The van der Waals surface area contributed by atoms with E-state index in [0.717, 1.165) is 5.52 Å². The molecule has 1 aliphatic heterocycles. The Bertz CT molecular complexity index is 1320. The number of H-pyrrole nitrogens is 1. The van der Waals surface area contributed by atoms with E-state index in [0.29, 0.717) is 22.4 Å². The fourth-order valence-corrected chi connectivity index (χ4v) is 5.67. The molecule has 10 heteroatoms. The normalized spacial score (nSPS) is 14.9. The Morgan fingerprint density at radius 2 is 1.67 bits per heavy atom. The van der Waals surface area contributed by atoms with Gasteiger partial charge in [-0.15, -0.1) is 0 Å². The second-order valence-electron chi connectivity index (χ2n) is 7.71. The molecule has 9 nitrogen and oxygen atoms in total. The number of fused-ring (bicyclic) bond motifs is 1. The summed E-state index contributed by atoms with van der Waals surface area (Å²) >= 11 is 0. The number of benzene rings is 2. The summed E-state index contributed by atoms with van der Waals surface area (Å²) in [6, 6.07) is 11.9. The number of sulfonamides is 1. The minimum Gasteiger partial charge on any atom is -0.497 e. The molecule has 1 saturated heterocycles. The van der Waals surface area contributed by atoms with E-state index < -0.39 is 21.7 Å². The average Bonchev–Trinajstić information content (AvgIpc) is 3.18. The lowest BCUT2D eigenvalue weighted by Crippen LogP contribution is -2.52. The van der Waals surface area contributed by atoms with Gasteiger partial charge in [0.2, 0.25) is 10.0 Å². The Hall–Kier alpha value is -3.37. The molecule has 0 saturated carbocycles. The second kappa shape index (κ2) is 8.87. The van der Waals surface area contributed by atoms with Gasteiger partial charge in [-0.1, -0.05) is 18.2 Å². The van der Waals surface area contributed by atoms with Crippen LogP contribution in [0, 0.1) is 6.92 Å². The number of amides is 1. The molecule has 1 fully saturated rings. The van der Waals surface area contributed by atoms with E-state index in [1.807, 2.05) is 18.2 Å².